The van der Waals surface area contributed by atoms with E-state index in [-0.39, 0.29) is 35.9 Å². The Balaban J connectivity index is 1.33. The third-order valence-electron chi connectivity index (χ3n) is 8.70. The Hall–Kier alpha value is -3.12. The summed E-state index contributed by atoms with van der Waals surface area (Å²) in [6, 6.07) is 7.95. The molecule has 9 heteroatoms. The Morgan fingerprint density at radius 1 is 1.23 bits per heavy atom. The number of carbonyl (C=O) groups is 2. The first-order valence-corrected chi connectivity index (χ1v) is 14.2. The molecule has 0 spiro atoms. The van der Waals surface area contributed by atoms with Gasteiger partial charge >= 0.3 is 6.09 Å². The molecule has 0 radical (unpaired) electrons. The van der Waals surface area contributed by atoms with Gasteiger partial charge in [-0.15, -0.1) is 0 Å². The van der Waals surface area contributed by atoms with E-state index in [1.807, 2.05) is 37.8 Å². The van der Waals surface area contributed by atoms with Gasteiger partial charge in [-0.3, -0.25) is 9.69 Å². The number of fused-ring (bicyclic) bond motifs is 2. The summed E-state index contributed by atoms with van der Waals surface area (Å²) in [5.41, 5.74) is 1.03. The van der Waals surface area contributed by atoms with Crippen LogP contribution in [0.25, 0.3) is 0 Å². The minimum atomic E-state index is -0.654. The number of amides is 2. The lowest BCUT2D eigenvalue weighted by molar-refractivity contribution is -0.141. The molecule has 1 saturated carbocycles. The molecule has 3 heterocycles. The van der Waals surface area contributed by atoms with Crippen molar-refractivity contribution in [3.05, 3.63) is 47.9 Å². The van der Waals surface area contributed by atoms with E-state index in [4.69, 9.17) is 4.74 Å². The summed E-state index contributed by atoms with van der Waals surface area (Å²) in [4.78, 5) is 32.8. The van der Waals surface area contributed by atoms with Crippen molar-refractivity contribution in [1.29, 1.82) is 5.26 Å². The minimum Gasteiger partial charge on any atom is -0.444 e. The highest BCUT2D eigenvalue weighted by atomic mass is 19.1. The van der Waals surface area contributed by atoms with Crippen LogP contribution in [-0.4, -0.2) is 76.1 Å². The number of halogens is 1. The summed E-state index contributed by atoms with van der Waals surface area (Å²) in [6.45, 7) is 11.6. The molecule has 39 heavy (non-hydrogen) atoms. The molecule has 0 aromatic heterocycles. The van der Waals surface area contributed by atoms with Crippen LogP contribution in [0.1, 0.15) is 70.9 Å². The number of nitriles is 1. The van der Waals surface area contributed by atoms with E-state index in [0.717, 1.165) is 44.1 Å². The van der Waals surface area contributed by atoms with Crippen molar-refractivity contribution in [2.45, 2.75) is 95.1 Å². The highest BCUT2D eigenvalue weighted by Gasteiger charge is 2.54. The Bertz CT molecular complexity index is 1140. The number of hydrogen-bond donors (Lipinski definition) is 1. The van der Waals surface area contributed by atoms with Gasteiger partial charge in [-0.2, -0.15) is 5.26 Å². The van der Waals surface area contributed by atoms with Crippen LogP contribution >= 0.6 is 0 Å². The van der Waals surface area contributed by atoms with Gasteiger partial charge in [0.15, 0.2) is 0 Å². The summed E-state index contributed by atoms with van der Waals surface area (Å²) < 4.78 is 19.2. The molecule has 4 aliphatic rings. The average molecular weight is 538 g/mol. The normalized spacial score (nSPS) is 26.7. The van der Waals surface area contributed by atoms with Gasteiger partial charge in [0, 0.05) is 31.4 Å². The second kappa shape index (κ2) is 10.8. The van der Waals surface area contributed by atoms with Crippen LogP contribution in [0, 0.1) is 23.1 Å². The van der Waals surface area contributed by atoms with Gasteiger partial charge in [-0.05, 0) is 76.5 Å². The van der Waals surface area contributed by atoms with Gasteiger partial charge in [0.05, 0.1) is 24.2 Å². The SMILES string of the molecule is C=C(C(CN1C[C@@H]2CC1C(=O)N2[C@H](c1ccc(F)cc1)C1CCC1)NC(=O)OC(C)(C)C)N1CCCC1C#N. The van der Waals surface area contributed by atoms with E-state index in [9.17, 15) is 19.2 Å². The molecule has 5 atom stereocenters. The van der Waals surface area contributed by atoms with Crippen molar-refractivity contribution in [2.24, 2.45) is 5.92 Å². The first kappa shape index (κ1) is 27.4. The van der Waals surface area contributed by atoms with E-state index >= 15 is 0 Å². The molecule has 3 unspecified atom stereocenters. The Morgan fingerprint density at radius 3 is 2.54 bits per heavy atom. The molecule has 1 aromatic rings. The molecule has 1 aromatic carbocycles. The number of alkyl carbamates (subject to hydrolysis) is 1. The topological polar surface area (TPSA) is 88.9 Å². The molecular weight excluding hydrogens is 497 g/mol. The average Bonchev–Trinajstić information content (AvgIpc) is 3.55. The highest BCUT2D eigenvalue weighted by Crippen LogP contribution is 2.47. The van der Waals surface area contributed by atoms with Gasteiger partial charge in [-0.1, -0.05) is 25.1 Å². The lowest BCUT2D eigenvalue weighted by Crippen LogP contribution is -2.57. The summed E-state index contributed by atoms with van der Waals surface area (Å²) >= 11 is 0. The Labute approximate surface area is 230 Å². The van der Waals surface area contributed by atoms with Crippen molar-refractivity contribution in [1.82, 2.24) is 20.0 Å². The molecular formula is C30H40FN5O3. The number of nitrogens with one attached hydrogen (secondary N) is 1. The fourth-order valence-electron chi connectivity index (χ4n) is 6.69. The minimum absolute atomic E-state index is 0.0318. The number of hydrogen-bond acceptors (Lipinski definition) is 6. The lowest BCUT2D eigenvalue weighted by Gasteiger charge is -2.45. The van der Waals surface area contributed by atoms with Crippen LogP contribution in [0.3, 0.4) is 0 Å². The third-order valence-corrected chi connectivity index (χ3v) is 8.70. The number of rotatable bonds is 8. The molecule has 4 fully saturated rings. The van der Waals surface area contributed by atoms with Crippen molar-refractivity contribution >= 4 is 12.0 Å². The standard InChI is InChI=1S/C30H40FN5O3/c1-19(35-14-6-9-23(35)16-32)25(33-29(38)39-30(2,3)4)18-34-17-24-15-26(34)28(37)36(24)27(20-7-5-8-20)21-10-12-22(31)13-11-21/h10-13,20,23-27H,1,5-9,14-15,17-18H2,2-4H3,(H,33,38)/t23?,24-,25?,26?,27-/m0/s1. The third kappa shape index (κ3) is 5.62. The molecule has 210 valence electrons. The maximum Gasteiger partial charge on any atom is 0.408 e. The van der Waals surface area contributed by atoms with E-state index in [2.05, 4.69) is 27.8 Å². The quantitative estimate of drug-likeness (QED) is 0.531. The summed E-state index contributed by atoms with van der Waals surface area (Å²) in [5.74, 6) is 0.226. The van der Waals surface area contributed by atoms with Crippen molar-refractivity contribution in [3.8, 4) is 6.07 Å². The molecule has 3 saturated heterocycles. The van der Waals surface area contributed by atoms with Crippen molar-refractivity contribution in [2.75, 3.05) is 19.6 Å². The number of nitrogens with zero attached hydrogens (tertiary/aromatic N) is 4. The summed E-state index contributed by atoms with van der Waals surface area (Å²) in [6.07, 6.45) is 5.16. The van der Waals surface area contributed by atoms with Gasteiger partial charge < -0.3 is 19.9 Å². The summed E-state index contributed by atoms with van der Waals surface area (Å²) in [7, 11) is 0. The van der Waals surface area contributed by atoms with Crippen molar-refractivity contribution < 1.29 is 18.7 Å². The van der Waals surface area contributed by atoms with Crippen molar-refractivity contribution in [3.63, 3.8) is 0 Å². The number of ether oxygens (including phenoxy) is 1. The molecule has 5 rings (SSSR count). The van der Waals surface area contributed by atoms with E-state index in [1.54, 1.807) is 0 Å². The maximum atomic E-state index is 13.8. The zero-order valence-corrected chi connectivity index (χ0v) is 23.2. The smallest absolute Gasteiger partial charge is 0.408 e. The summed E-state index contributed by atoms with van der Waals surface area (Å²) in [5, 5.41) is 12.6. The fourth-order valence-corrected chi connectivity index (χ4v) is 6.69. The Morgan fingerprint density at radius 2 is 1.95 bits per heavy atom. The largest absolute Gasteiger partial charge is 0.444 e. The predicted molar refractivity (Wildman–Crippen MR) is 145 cm³/mol. The second-order valence-corrected chi connectivity index (χ2v) is 12.5. The maximum absolute atomic E-state index is 13.8. The van der Waals surface area contributed by atoms with Gasteiger partial charge in [0.1, 0.15) is 17.5 Å². The van der Waals surface area contributed by atoms with Crippen LogP contribution in [-0.2, 0) is 9.53 Å². The molecule has 3 aliphatic heterocycles. The van der Waals surface area contributed by atoms with Crippen LogP contribution in [0.2, 0.25) is 0 Å². The second-order valence-electron chi connectivity index (χ2n) is 12.5. The monoisotopic (exact) mass is 537 g/mol. The van der Waals surface area contributed by atoms with E-state index in [1.165, 1.54) is 12.1 Å². The Kier molecular flexibility index (Phi) is 7.60. The van der Waals surface area contributed by atoms with Crippen LogP contribution in [0.15, 0.2) is 36.5 Å². The molecule has 2 bridgehead atoms. The first-order chi connectivity index (χ1) is 18.6. The number of likely N-dealkylation sites (tertiary alicyclic amines) is 3. The molecule has 1 N–H and O–H groups in total. The number of piperazine rings is 1. The van der Waals surface area contributed by atoms with Crippen LogP contribution in [0.5, 0.6) is 0 Å². The zero-order chi connectivity index (χ0) is 27.9. The van der Waals surface area contributed by atoms with Gasteiger partial charge in [0.2, 0.25) is 5.91 Å². The van der Waals surface area contributed by atoms with E-state index in [0.29, 0.717) is 31.2 Å². The fraction of sp³-hybridized carbons (Fsp3) is 0.633. The van der Waals surface area contributed by atoms with Crippen LogP contribution in [0.4, 0.5) is 9.18 Å². The van der Waals surface area contributed by atoms with Gasteiger partial charge in [0.25, 0.3) is 0 Å². The van der Waals surface area contributed by atoms with Gasteiger partial charge in [-0.25, -0.2) is 9.18 Å². The zero-order valence-electron chi connectivity index (χ0n) is 23.2. The lowest BCUT2D eigenvalue weighted by atomic mass is 9.76. The predicted octanol–water partition coefficient (Wildman–Crippen LogP) is 4.35. The number of benzene rings is 1. The molecule has 8 nitrogen and oxygen atoms in total. The van der Waals surface area contributed by atoms with Crippen LogP contribution < -0.4 is 5.32 Å². The molecule has 1 aliphatic carbocycles. The first-order valence-electron chi connectivity index (χ1n) is 14.2. The highest BCUT2D eigenvalue weighted by molar-refractivity contribution is 5.86. The van der Waals surface area contributed by atoms with E-state index < -0.39 is 17.7 Å². The molecule has 2 amide bonds. The number of carbonyl (C=O) groups excluding carboxylic acids is 2.